The molecule has 0 bridgehead atoms. The van der Waals surface area contributed by atoms with Crippen molar-refractivity contribution in [2.24, 2.45) is 0 Å². The van der Waals surface area contributed by atoms with E-state index in [1.54, 1.807) is 25.3 Å². The predicted molar refractivity (Wildman–Crippen MR) is 99.6 cm³/mol. The van der Waals surface area contributed by atoms with Gasteiger partial charge in [0, 0.05) is 18.4 Å². The highest BCUT2D eigenvalue weighted by Crippen LogP contribution is 2.14. The molecule has 0 saturated carbocycles. The number of anilines is 1. The van der Waals surface area contributed by atoms with Gasteiger partial charge in [0.25, 0.3) is 11.5 Å². The fourth-order valence-corrected chi connectivity index (χ4v) is 2.80. The number of aromatic amines is 1. The maximum Gasteiger partial charge on any atom is 0.262 e. The van der Waals surface area contributed by atoms with Crippen LogP contribution in [0.1, 0.15) is 10.4 Å². The highest BCUT2D eigenvalue weighted by atomic mass is 32.1. The van der Waals surface area contributed by atoms with Crippen LogP contribution in [0.15, 0.2) is 47.3 Å². The summed E-state index contributed by atoms with van der Waals surface area (Å²) >= 11 is 5.22. The fourth-order valence-electron chi connectivity index (χ4n) is 2.52. The van der Waals surface area contributed by atoms with Crippen LogP contribution in [0.3, 0.4) is 0 Å². The van der Waals surface area contributed by atoms with E-state index in [0.717, 1.165) is 0 Å². The van der Waals surface area contributed by atoms with Crippen LogP contribution in [0.5, 0.6) is 0 Å². The van der Waals surface area contributed by atoms with Gasteiger partial charge in [0.2, 0.25) is 0 Å². The first kappa shape index (κ1) is 18.0. The van der Waals surface area contributed by atoms with E-state index >= 15 is 0 Å². The van der Waals surface area contributed by atoms with E-state index in [1.165, 1.54) is 28.8 Å². The van der Waals surface area contributed by atoms with Crippen LogP contribution in [-0.4, -0.2) is 29.2 Å². The molecule has 2 N–H and O–H groups in total. The summed E-state index contributed by atoms with van der Waals surface area (Å²) in [6, 6.07) is 10.1. The number of nitrogens with one attached hydrogen (secondary N) is 2. The van der Waals surface area contributed by atoms with Gasteiger partial charge >= 0.3 is 0 Å². The quantitative estimate of drug-likeness (QED) is 0.674. The van der Waals surface area contributed by atoms with Gasteiger partial charge in [-0.3, -0.25) is 14.2 Å². The summed E-state index contributed by atoms with van der Waals surface area (Å²) in [7, 11) is 1.55. The number of amides is 1. The van der Waals surface area contributed by atoms with E-state index in [-0.39, 0.29) is 22.1 Å². The minimum Gasteiger partial charge on any atom is -0.383 e. The Morgan fingerprint density at radius 2 is 2.00 bits per heavy atom. The normalized spacial score (nSPS) is 10.8. The van der Waals surface area contributed by atoms with E-state index in [9.17, 15) is 14.0 Å². The second kappa shape index (κ2) is 7.59. The van der Waals surface area contributed by atoms with E-state index in [4.69, 9.17) is 17.0 Å². The van der Waals surface area contributed by atoms with Crippen LogP contribution in [0.4, 0.5) is 10.1 Å². The molecule has 0 unspecified atom stereocenters. The Morgan fingerprint density at radius 3 is 2.69 bits per heavy atom. The molecule has 2 aromatic carbocycles. The Labute approximate surface area is 153 Å². The molecule has 0 atom stereocenters. The molecule has 1 aromatic heterocycles. The number of halogens is 1. The predicted octanol–water partition coefficient (Wildman–Crippen LogP) is 3.10. The number of hydrogen-bond acceptors (Lipinski definition) is 4. The number of ether oxygens (including phenoxy) is 1. The molecule has 0 aliphatic heterocycles. The first-order valence-corrected chi connectivity index (χ1v) is 8.23. The maximum atomic E-state index is 12.9. The molecular formula is C18H16FN3O3S. The third kappa shape index (κ3) is 3.71. The van der Waals surface area contributed by atoms with E-state index in [1.807, 2.05) is 0 Å². The summed E-state index contributed by atoms with van der Waals surface area (Å²) in [6.07, 6.45) is 0. The van der Waals surface area contributed by atoms with E-state index in [0.29, 0.717) is 35.3 Å². The minimum atomic E-state index is -0.383. The molecule has 3 rings (SSSR count). The van der Waals surface area contributed by atoms with Crippen molar-refractivity contribution >= 4 is 34.7 Å². The molecule has 8 heteroatoms. The molecular weight excluding hydrogens is 357 g/mol. The zero-order chi connectivity index (χ0) is 18.7. The monoisotopic (exact) mass is 373 g/mol. The fraction of sp³-hybridized carbons (Fsp3) is 0.167. The van der Waals surface area contributed by atoms with Crippen molar-refractivity contribution in [3.63, 3.8) is 0 Å². The van der Waals surface area contributed by atoms with Crippen molar-refractivity contribution in [3.05, 3.63) is 69.0 Å². The number of rotatable bonds is 5. The van der Waals surface area contributed by atoms with Gasteiger partial charge in [-0.15, -0.1) is 0 Å². The highest BCUT2D eigenvalue weighted by Gasteiger charge is 2.11. The average Bonchev–Trinajstić information content (AvgIpc) is 2.63. The van der Waals surface area contributed by atoms with Gasteiger partial charge in [0.15, 0.2) is 4.77 Å². The highest BCUT2D eigenvalue weighted by molar-refractivity contribution is 7.71. The SMILES string of the molecule is COCCn1c(=S)[nH]c2cc(C(=O)Nc3ccc(F)cc3)ccc2c1=O. The lowest BCUT2D eigenvalue weighted by molar-refractivity contribution is 0.102. The van der Waals surface area contributed by atoms with Crippen molar-refractivity contribution in [2.75, 3.05) is 19.0 Å². The molecule has 0 aliphatic rings. The second-order valence-corrected chi connectivity index (χ2v) is 5.99. The molecule has 1 heterocycles. The number of benzene rings is 2. The van der Waals surface area contributed by atoms with Gasteiger partial charge in [-0.1, -0.05) is 0 Å². The van der Waals surface area contributed by atoms with E-state index in [2.05, 4.69) is 10.3 Å². The standard InChI is InChI=1S/C18H16FN3O3S/c1-25-9-8-22-17(24)14-7-2-11(10-15(14)21-18(22)26)16(23)20-13-5-3-12(19)4-6-13/h2-7,10H,8-9H2,1H3,(H,20,23)(H,21,26). The zero-order valence-electron chi connectivity index (χ0n) is 13.9. The van der Waals surface area contributed by atoms with Crippen LogP contribution in [-0.2, 0) is 11.3 Å². The molecule has 134 valence electrons. The van der Waals surface area contributed by atoms with Crippen molar-refractivity contribution in [1.82, 2.24) is 9.55 Å². The molecule has 3 aromatic rings. The average molecular weight is 373 g/mol. The Bertz CT molecular complexity index is 1070. The van der Waals surface area contributed by atoms with Gasteiger partial charge in [0.1, 0.15) is 5.82 Å². The van der Waals surface area contributed by atoms with Gasteiger partial charge in [-0.25, -0.2) is 4.39 Å². The number of hydrogen-bond donors (Lipinski definition) is 2. The summed E-state index contributed by atoms with van der Waals surface area (Å²) < 4.78 is 19.6. The first-order valence-electron chi connectivity index (χ1n) is 7.82. The largest absolute Gasteiger partial charge is 0.383 e. The molecule has 0 radical (unpaired) electrons. The topological polar surface area (TPSA) is 76.1 Å². The van der Waals surface area contributed by atoms with Crippen LogP contribution < -0.4 is 10.9 Å². The summed E-state index contributed by atoms with van der Waals surface area (Å²) in [6.45, 7) is 0.703. The Hall–Kier alpha value is -2.84. The second-order valence-electron chi connectivity index (χ2n) is 5.60. The Balaban J connectivity index is 1.94. The lowest BCUT2D eigenvalue weighted by atomic mass is 10.1. The van der Waals surface area contributed by atoms with Gasteiger partial charge < -0.3 is 15.0 Å². The molecule has 0 aliphatic carbocycles. The molecule has 6 nitrogen and oxygen atoms in total. The smallest absolute Gasteiger partial charge is 0.262 e. The third-order valence-corrected chi connectivity index (χ3v) is 4.19. The number of fused-ring (bicyclic) bond motifs is 1. The summed E-state index contributed by atoms with van der Waals surface area (Å²) in [5.41, 5.74) is 1.05. The van der Waals surface area contributed by atoms with E-state index < -0.39 is 0 Å². The van der Waals surface area contributed by atoms with Crippen LogP contribution in [0.2, 0.25) is 0 Å². The molecule has 26 heavy (non-hydrogen) atoms. The Kier molecular flexibility index (Phi) is 5.24. The van der Waals surface area contributed by atoms with Crippen LogP contribution >= 0.6 is 12.2 Å². The number of methoxy groups -OCH3 is 1. The number of carbonyl (C=O) groups is 1. The molecule has 1 amide bonds. The number of carbonyl (C=O) groups excluding carboxylic acids is 1. The number of aromatic nitrogens is 2. The van der Waals surface area contributed by atoms with Crippen LogP contribution in [0.25, 0.3) is 10.9 Å². The van der Waals surface area contributed by atoms with Gasteiger partial charge in [-0.05, 0) is 54.7 Å². The molecule has 0 spiro atoms. The minimum absolute atomic E-state index is 0.244. The molecule has 0 fully saturated rings. The lowest BCUT2D eigenvalue weighted by Gasteiger charge is -2.09. The van der Waals surface area contributed by atoms with Crippen LogP contribution in [0, 0.1) is 10.6 Å². The summed E-state index contributed by atoms with van der Waals surface area (Å²) in [4.78, 5) is 27.9. The van der Waals surface area contributed by atoms with Gasteiger partial charge in [-0.2, -0.15) is 0 Å². The van der Waals surface area contributed by atoms with Crippen molar-refractivity contribution < 1.29 is 13.9 Å². The number of H-pyrrole nitrogens is 1. The van der Waals surface area contributed by atoms with Crippen molar-refractivity contribution in [2.45, 2.75) is 6.54 Å². The molecule has 0 saturated heterocycles. The number of nitrogens with zero attached hydrogens (tertiary/aromatic N) is 1. The maximum absolute atomic E-state index is 12.9. The summed E-state index contributed by atoms with van der Waals surface area (Å²) in [5, 5.41) is 3.10. The lowest BCUT2D eigenvalue weighted by Crippen LogP contribution is -2.24. The van der Waals surface area contributed by atoms with Crippen molar-refractivity contribution in [3.8, 4) is 0 Å². The Morgan fingerprint density at radius 1 is 1.27 bits per heavy atom. The zero-order valence-corrected chi connectivity index (χ0v) is 14.7. The van der Waals surface area contributed by atoms with Crippen molar-refractivity contribution in [1.29, 1.82) is 0 Å². The summed E-state index contributed by atoms with van der Waals surface area (Å²) in [5.74, 6) is -0.757. The first-order chi connectivity index (χ1) is 12.5. The van der Waals surface area contributed by atoms with Gasteiger partial charge in [0.05, 0.1) is 24.1 Å². The third-order valence-electron chi connectivity index (χ3n) is 3.87.